The zero-order valence-electron chi connectivity index (χ0n) is 14.2. The molecule has 1 aromatic rings. The smallest absolute Gasteiger partial charge is 0.326 e. The minimum absolute atomic E-state index is 0.114. The number of nitrogens with one attached hydrogen (secondary N) is 3. The Hall–Kier alpha value is -2.46. The van der Waals surface area contributed by atoms with E-state index >= 15 is 0 Å². The van der Waals surface area contributed by atoms with E-state index in [-0.39, 0.29) is 12.8 Å². The molecule has 2 amide bonds. The maximum absolute atomic E-state index is 12.5. The van der Waals surface area contributed by atoms with Gasteiger partial charge in [0.1, 0.15) is 12.1 Å². The van der Waals surface area contributed by atoms with Gasteiger partial charge in [-0.05, 0) is 32.7 Å². The van der Waals surface area contributed by atoms with E-state index in [1.165, 1.54) is 13.3 Å². The Morgan fingerprint density at radius 1 is 1.24 bits per heavy atom. The fourth-order valence-corrected chi connectivity index (χ4v) is 2.15. The van der Waals surface area contributed by atoms with Crippen molar-refractivity contribution in [2.45, 2.75) is 50.7 Å². The van der Waals surface area contributed by atoms with Crippen molar-refractivity contribution in [2.75, 3.05) is 6.54 Å². The minimum Gasteiger partial charge on any atom is -0.480 e. The Labute approximate surface area is 145 Å². The van der Waals surface area contributed by atoms with Crippen molar-refractivity contribution in [3.05, 3.63) is 18.2 Å². The molecule has 0 aromatic carbocycles. The van der Waals surface area contributed by atoms with Crippen LogP contribution in [0.25, 0.3) is 0 Å². The van der Waals surface area contributed by atoms with Gasteiger partial charge >= 0.3 is 5.97 Å². The van der Waals surface area contributed by atoms with E-state index in [0.29, 0.717) is 25.1 Å². The first-order valence-electron chi connectivity index (χ1n) is 8.12. The van der Waals surface area contributed by atoms with Gasteiger partial charge in [0, 0.05) is 12.6 Å². The highest BCUT2D eigenvalue weighted by Crippen LogP contribution is 2.04. The first-order valence-corrected chi connectivity index (χ1v) is 8.12. The highest BCUT2D eigenvalue weighted by Gasteiger charge is 2.27. The van der Waals surface area contributed by atoms with Gasteiger partial charge in [-0.2, -0.15) is 0 Å². The Morgan fingerprint density at radius 2 is 1.92 bits per heavy atom. The zero-order valence-corrected chi connectivity index (χ0v) is 14.2. The number of rotatable bonds is 11. The molecule has 0 fully saturated rings. The molecule has 8 N–H and O–H groups in total. The van der Waals surface area contributed by atoms with Crippen molar-refractivity contribution in [1.29, 1.82) is 0 Å². The molecule has 0 saturated heterocycles. The fourth-order valence-electron chi connectivity index (χ4n) is 2.15. The second-order valence-corrected chi connectivity index (χ2v) is 5.80. The SMILES string of the molecule is CC(N)C(=O)N[C@@H](Cc1c[nH]cn1)C(=O)N[C@@H](CCCCN)C(=O)O. The number of carboxylic acid groups (broad SMARTS) is 1. The lowest BCUT2D eigenvalue weighted by Gasteiger charge is -2.21. The molecule has 0 spiro atoms. The Balaban J connectivity index is 2.78. The molecule has 1 rings (SSSR count). The molecule has 10 heteroatoms. The lowest BCUT2D eigenvalue weighted by atomic mass is 10.1. The molecule has 140 valence electrons. The van der Waals surface area contributed by atoms with Gasteiger partial charge in [0.25, 0.3) is 0 Å². The van der Waals surface area contributed by atoms with Crippen LogP contribution < -0.4 is 22.1 Å². The number of aromatic nitrogens is 2. The van der Waals surface area contributed by atoms with Crippen LogP contribution in [-0.2, 0) is 20.8 Å². The van der Waals surface area contributed by atoms with Crippen LogP contribution in [0.2, 0.25) is 0 Å². The van der Waals surface area contributed by atoms with E-state index in [4.69, 9.17) is 11.5 Å². The van der Waals surface area contributed by atoms with Crippen LogP contribution in [0.15, 0.2) is 12.5 Å². The molecule has 1 heterocycles. The molecule has 3 atom stereocenters. The maximum Gasteiger partial charge on any atom is 0.326 e. The summed E-state index contributed by atoms with van der Waals surface area (Å²) in [4.78, 5) is 42.4. The summed E-state index contributed by atoms with van der Waals surface area (Å²) in [6, 6.07) is -2.82. The third kappa shape index (κ3) is 7.31. The number of imidazole rings is 1. The number of hydrogen-bond acceptors (Lipinski definition) is 6. The summed E-state index contributed by atoms with van der Waals surface area (Å²) in [6.07, 6.45) is 4.65. The molecule has 0 aliphatic heterocycles. The lowest BCUT2D eigenvalue weighted by molar-refractivity contribution is -0.142. The summed E-state index contributed by atoms with van der Waals surface area (Å²) in [5, 5.41) is 14.2. The molecular weight excluding hydrogens is 328 g/mol. The van der Waals surface area contributed by atoms with Crippen molar-refractivity contribution in [1.82, 2.24) is 20.6 Å². The average molecular weight is 354 g/mol. The van der Waals surface area contributed by atoms with Crippen LogP contribution in [-0.4, -0.2) is 57.5 Å². The summed E-state index contributed by atoms with van der Waals surface area (Å²) < 4.78 is 0. The summed E-state index contributed by atoms with van der Waals surface area (Å²) in [5.74, 6) is -2.25. The third-order valence-electron chi connectivity index (χ3n) is 3.58. The topological polar surface area (TPSA) is 176 Å². The second-order valence-electron chi connectivity index (χ2n) is 5.80. The minimum atomic E-state index is -1.14. The number of nitrogens with two attached hydrogens (primary N) is 2. The largest absolute Gasteiger partial charge is 0.480 e. The van der Waals surface area contributed by atoms with E-state index in [2.05, 4.69) is 20.6 Å². The van der Waals surface area contributed by atoms with Gasteiger partial charge in [-0.1, -0.05) is 0 Å². The fraction of sp³-hybridized carbons (Fsp3) is 0.600. The van der Waals surface area contributed by atoms with Crippen molar-refractivity contribution in [3.63, 3.8) is 0 Å². The monoisotopic (exact) mass is 354 g/mol. The Kier molecular flexibility index (Phi) is 8.57. The molecule has 1 unspecified atom stereocenters. The number of hydrogen-bond donors (Lipinski definition) is 6. The van der Waals surface area contributed by atoms with E-state index in [9.17, 15) is 19.5 Å². The van der Waals surface area contributed by atoms with Gasteiger partial charge in [0.05, 0.1) is 18.1 Å². The van der Waals surface area contributed by atoms with Crippen molar-refractivity contribution < 1.29 is 19.5 Å². The van der Waals surface area contributed by atoms with E-state index in [1.54, 1.807) is 6.20 Å². The summed E-state index contributed by atoms with van der Waals surface area (Å²) in [5.41, 5.74) is 11.5. The third-order valence-corrected chi connectivity index (χ3v) is 3.58. The van der Waals surface area contributed by atoms with E-state index < -0.39 is 35.9 Å². The molecule has 0 radical (unpaired) electrons. The van der Waals surface area contributed by atoms with Gasteiger partial charge in [-0.3, -0.25) is 9.59 Å². The second kappa shape index (κ2) is 10.4. The van der Waals surface area contributed by atoms with E-state index in [1.807, 2.05) is 0 Å². The van der Waals surface area contributed by atoms with Crippen molar-refractivity contribution in [3.8, 4) is 0 Å². The molecule has 25 heavy (non-hydrogen) atoms. The first kappa shape index (κ1) is 20.6. The van der Waals surface area contributed by atoms with E-state index in [0.717, 1.165) is 0 Å². The van der Waals surface area contributed by atoms with Crippen LogP contribution in [0.1, 0.15) is 31.9 Å². The standard InChI is InChI=1S/C15H26N6O4/c1-9(17)13(22)21-12(6-10-7-18-8-19-10)14(23)20-11(15(24)25)4-2-3-5-16/h7-9,11-12H,2-6,16-17H2,1H3,(H,18,19)(H,20,23)(H,21,22)(H,24,25)/t9?,11-,12-/m0/s1. The van der Waals surface area contributed by atoms with Gasteiger partial charge < -0.3 is 32.2 Å². The number of carbonyl (C=O) groups is 3. The maximum atomic E-state index is 12.5. The predicted octanol–water partition coefficient (Wildman–Crippen LogP) is -1.52. The van der Waals surface area contributed by atoms with Gasteiger partial charge in [0.15, 0.2) is 0 Å². The molecule has 0 bridgehead atoms. The number of aromatic amines is 1. The molecular formula is C15H26N6O4. The van der Waals surface area contributed by atoms with Crippen molar-refractivity contribution >= 4 is 17.8 Å². The highest BCUT2D eigenvalue weighted by molar-refractivity contribution is 5.91. The molecule has 0 saturated carbocycles. The van der Waals surface area contributed by atoms with Crippen LogP contribution >= 0.6 is 0 Å². The Bertz CT molecular complexity index is 560. The predicted molar refractivity (Wildman–Crippen MR) is 90.3 cm³/mol. The number of aliphatic carboxylic acids is 1. The van der Waals surface area contributed by atoms with Crippen LogP contribution in [0, 0.1) is 0 Å². The molecule has 0 aliphatic rings. The van der Waals surface area contributed by atoms with Crippen LogP contribution in [0.3, 0.4) is 0 Å². The van der Waals surface area contributed by atoms with Gasteiger partial charge in [0.2, 0.25) is 11.8 Å². The number of nitrogens with zero attached hydrogens (tertiary/aromatic N) is 1. The molecule has 1 aromatic heterocycles. The number of carboxylic acids is 1. The average Bonchev–Trinajstić information content (AvgIpc) is 3.06. The summed E-state index contributed by atoms with van der Waals surface area (Å²) in [7, 11) is 0. The Morgan fingerprint density at radius 3 is 2.44 bits per heavy atom. The van der Waals surface area contributed by atoms with Gasteiger partial charge in [-0.25, -0.2) is 9.78 Å². The molecule has 10 nitrogen and oxygen atoms in total. The summed E-state index contributed by atoms with van der Waals surface area (Å²) >= 11 is 0. The highest BCUT2D eigenvalue weighted by atomic mass is 16.4. The zero-order chi connectivity index (χ0) is 18.8. The number of unbranched alkanes of at least 4 members (excludes halogenated alkanes) is 1. The number of amides is 2. The summed E-state index contributed by atoms with van der Waals surface area (Å²) in [6.45, 7) is 1.94. The van der Waals surface area contributed by atoms with Crippen LogP contribution in [0.4, 0.5) is 0 Å². The quantitative estimate of drug-likeness (QED) is 0.261. The van der Waals surface area contributed by atoms with Crippen LogP contribution in [0.5, 0.6) is 0 Å². The number of H-pyrrole nitrogens is 1. The normalized spacial score (nSPS) is 14.4. The lowest BCUT2D eigenvalue weighted by Crippen LogP contribution is -2.54. The van der Waals surface area contributed by atoms with Crippen molar-refractivity contribution in [2.24, 2.45) is 11.5 Å². The molecule has 0 aliphatic carbocycles. The van der Waals surface area contributed by atoms with Gasteiger partial charge in [-0.15, -0.1) is 0 Å². The number of carbonyl (C=O) groups excluding carboxylic acids is 2. The first-order chi connectivity index (χ1) is 11.8.